The molecule has 0 aromatic carbocycles. The fraction of sp³-hybridized carbons (Fsp3) is 0.615. The van der Waals surface area contributed by atoms with Crippen molar-refractivity contribution in [1.29, 1.82) is 0 Å². The van der Waals surface area contributed by atoms with Crippen LogP contribution in [0.3, 0.4) is 0 Å². The molecule has 0 N–H and O–H groups in total. The minimum Gasteiger partial charge on any atom is -0.377 e. The van der Waals surface area contributed by atoms with E-state index in [9.17, 15) is 0 Å². The summed E-state index contributed by atoms with van der Waals surface area (Å²) >= 11 is 1.89. The molecule has 0 amide bonds. The normalized spacial score (nSPS) is 13.5. The van der Waals surface area contributed by atoms with Crippen LogP contribution < -0.4 is 0 Å². The summed E-state index contributed by atoms with van der Waals surface area (Å²) < 4.78 is 16.2. The number of pyridine rings is 1. The first-order valence-corrected chi connectivity index (χ1v) is 9.33. The van der Waals surface area contributed by atoms with Gasteiger partial charge in [0.25, 0.3) is 0 Å². The van der Waals surface area contributed by atoms with Crippen LogP contribution in [0.15, 0.2) is 24.4 Å². The number of rotatable bonds is 9. The highest BCUT2D eigenvalue weighted by Gasteiger charge is 2.36. The van der Waals surface area contributed by atoms with Gasteiger partial charge in [-0.3, -0.25) is 4.98 Å². The molecule has 0 aliphatic heterocycles. The van der Waals surface area contributed by atoms with E-state index in [2.05, 4.69) is 18.0 Å². The van der Waals surface area contributed by atoms with E-state index in [0.717, 1.165) is 23.9 Å². The summed E-state index contributed by atoms with van der Waals surface area (Å²) in [5, 5.41) is 0.407. The first-order chi connectivity index (χ1) is 9.17. The quantitative estimate of drug-likeness (QED) is 0.517. The Kier molecular flexibility index (Phi) is 7.63. The van der Waals surface area contributed by atoms with Crippen LogP contribution in [0.1, 0.15) is 24.3 Å². The number of hydrogen-bond acceptors (Lipinski definition) is 5. The molecule has 6 heteroatoms. The maximum absolute atomic E-state index is 5.40. The molecule has 108 valence electrons. The SMILES string of the molecule is CO[Si](CCCSC(C)c1ccccn1)(OC)OC. The van der Waals surface area contributed by atoms with Gasteiger partial charge in [-0.25, -0.2) is 0 Å². The molecule has 0 aliphatic rings. The van der Waals surface area contributed by atoms with Crippen molar-refractivity contribution < 1.29 is 13.3 Å². The molecule has 1 aromatic heterocycles. The van der Waals surface area contributed by atoms with Crippen LogP contribution in [-0.2, 0) is 13.3 Å². The first kappa shape index (κ1) is 16.7. The lowest BCUT2D eigenvalue weighted by atomic mass is 10.3. The Morgan fingerprint density at radius 2 is 1.89 bits per heavy atom. The fourth-order valence-electron chi connectivity index (χ4n) is 1.81. The molecule has 0 fully saturated rings. The van der Waals surface area contributed by atoms with Crippen LogP contribution in [0, 0.1) is 0 Å². The molecule has 1 rings (SSSR count). The first-order valence-electron chi connectivity index (χ1n) is 6.35. The van der Waals surface area contributed by atoms with Crippen LogP contribution in [0.25, 0.3) is 0 Å². The van der Waals surface area contributed by atoms with Gasteiger partial charge in [0.05, 0.1) is 5.69 Å². The molecule has 0 saturated heterocycles. The summed E-state index contributed by atoms with van der Waals surface area (Å²) in [5.74, 6) is 1.04. The van der Waals surface area contributed by atoms with Crippen LogP contribution in [0.2, 0.25) is 6.04 Å². The van der Waals surface area contributed by atoms with Crippen molar-refractivity contribution in [1.82, 2.24) is 4.98 Å². The van der Waals surface area contributed by atoms with E-state index in [-0.39, 0.29) is 0 Å². The molecule has 0 radical (unpaired) electrons. The van der Waals surface area contributed by atoms with Gasteiger partial charge in [-0.15, -0.1) is 0 Å². The standard InChI is InChI=1S/C13H23NO3SSi/c1-12(13-8-5-6-9-14-13)18-10-7-11-19(15-2,16-3)17-4/h5-6,8-9,12H,7,10-11H2,1-4H3. The third kappa shape index (κ3) is 5.23. The maximum atomic E-state index is 5.40. The highest BCUT2D eigenvalue weighted by molar-refractivity contribution is 7.99. The molecule has 19 heavy (non-hydrogen) atoms. The molecular weight excluding hydrogens is 278 g/mol. The zero-order valence-electron chi connectivity index (χ0n) is 12.1. The predicted octanol–water partition coefficient (Wildman–Crippen LogP) is 3.14. The van der Waals surface area contributed by atoms with Crippen molar-refractivity contribution in [3.8, 4) is 0 Å². The summed E-state index contributed by atoms with van der Waals surface area (Å²) in [6.45, 7) is 2.18. The lowest BCUT2D eigenvalue weighted by molar-refractivity contribution is 0.123. The minimum absolute atomic E-state index is 0.407. The van der Waals surface area contributed by atoms with Crippen LogP contribution >= 0.6 is 11.8 Å². The Morgan fingerprint density at radius 1 is 1.21 bits per heavy atom. The van der Waals surface area contributed by atoms with Crippen LogP contribution in [0.4, 0.5) is 0 Å². The number of thioether (sulfide) groups is 1. The molecule has 4 nitrogen and oxygen atoms in total. The van der Waals surface area contributed by atoms with E-state index in [1.807, 2.05) is 30.1 Å². The molecule has 1 atom stereocenters. The third-order valence-electron chi connectivity index (χ3n) is 3.03. The Morgan fingerprint density at radius 3 is 2.42 bits per heavy atom. The van der Waals surface area contributed by atoms with Crippen LogP contribution in [-0.4, -0.2) is 40.9 Å². The van der Waals surface area contributed by atoms with Gasteiger partial charge < -0.3 is 13.3 Å². The maximum Gasteiger partial charge on any atom is 0.500 e. The molecule has 1 heterocycles. The number of hydrogen-bond donors (Lipinski definition) is 0. The molecular formula is C13H23NO3SSi. The van der Waals surface area contributed by atoms with Crippen LogP contribution in [0.5, 0.6) is 0 Å². The second-order valence-electron chi connectivity index (χ2n) is 4.17. The molecule has 0 aliphatic carbocycles. The topological polar surface area (TPSA) is 40.6 Å². The summed E-state index contributed by atoms with van der Waals surface area (Å²) in [7, 11) is 2.57. The molecule has 1 unspecified atom stereocenters. The van der Waals surface area contributed by atoms with E-state index in [1.54, 1.807) is 21.3 Å². The second kappa shape index (κ2) is 8.71. The van der Waals surface area contributed by atoms with Gasteiger partial charge in [0.15, 0.2) is 0 Å². The van der Waals surface area contributed by atoms with Gasteiger partial charge in [0.1, 0.15) is 0 Å². The van der Waals surface area contributed by atoms with E-state index in [0.29, 0.717) is 5.25 Å². The van der Waals surface area contributed by atoms with Gasteiger partial charge in [-0.2, -0.15) is 11.8 Å². The van der Waals surface area contributed by atoms with Crippen molar-refractivity contribution in [2.75, 3.05) is 27.1 Å². The number of aromatic nitrogens is 1. The van der Waals surface area contributed by atoms with Crippen molar-refractivity contribution >= 4 is 20.6 Å². The Bertz CT molecular complexity index is 341. The van der Waals surface area contributed by atoms with Crippen molar-refractivity contribution in [2.24, 2.45) is 0 Å². The Labute approximate surface area is 121 Å². The predicted molar refractivity (Wildman–Crippen MR) is 81.3 cm³/mol. The van der Waals surface area contributed by atoms with Gasteiger partial charge in [-0.1, -0.05) is 6.07 Å². The summed E-state index contributed by atoms with van der Waals surface area (Å²) in [4.78, 5) is 4.37. The molecule has 1 aromatic rings. The van der Waals surface area contributed by atoms with E-state index < -0.39 is 8.80 Å². The number of nitrogens with zero attached hydrogens (tertiary/aromatic N) is 1. The second-order valence-corrected chi connectivity index (χ2v) is 8.71. The molecule has 0 bridgehead atoms. The zero-order chi connectivity index (χ0) is 14.1. The zero-order valence-corrected chi connectivity index (χ0v) is 13.9. The minimum atomic E-state index is -2.40. The van der Waals surface area contributed by atoms with Crippen molar-refractivity contribution in [3.63, 3.8) is 0 Å². The van der Waals surface area contributed by atoms with Gasteiger partial charge in [0.2, 0.25) is 0 Å². The van der Waals surface area contributed by atoms with Crippen molar-refractivity contribution in [3.05, 3.63) is 30.1 Å². The third-order valence-corrected chi connectivity index (χ3v) is 7.13. The van der Waals surface area contributed by atoms with E-state index >= 15 is 0 Å². The summed E-state index contributed by atoms with van der Waals surface area (Å²) in [6, 6.07) is 6.88. The highest BCUT2D eigenvalue weighted by Crippen LogP contribution is 2.28. The van der Waals surface area contributed by atoms with E-state index in [1.165, 1.54) is 0 Å². The lowest BCUT2D eigenvalue weighted by Crippen LogP contribution is -2.42. The van der Waals surface area contributed by atoms with Gasteiger partial charge in [-0.05, 0) is 31.2 Å². The smallest absolute Gasteiger partial charge is 0.377 e. The van der Waals surface area contributed by atoms with Gasteiger partial charge in [0, 0.05) is 38.8 Å². The summed E-state index contributed by atoms with van der Waals surface area (Å²) in [6.07, 6.45) is 2.86. The molecule has 0 saturated carbocycles. The molecule has 0 spiro atoms. The Hall–Kier alpha value is -0.403. The average molecular weight is 301 g/mol. The average Bonchev–Trinajstić information content (AvgIpc) is 2.49. The monoisotopic (exact) mass is 301 g/mol. The van der Waals surface area contributed by atoms with Crippen molar-refractivity contribution in [2.45, 2.75) is 24.6 Å². The summed E-state index contributed by atoms with van der Waals surface area (Å²) in [5.41, 5.74) is 1.13. The fourth-order valence-corrected chi connectivity index (χ4v) is 4.76. The Balaban J connectivity index is 2.31. The van der Waals surface area contributed by atoms with E-state index in [4.69, 9.17) is 13.3 Å². The largest absolute Gasteiger partial charge is 0.500 e. The lowest BCUT2D eigenvalue weighted by Gasteiger charge is -2.24. The van der Waals surface area contributed by atoms with Gasteiger partial charge >= 0.3 is 8.80 Å². The highest BCUT2D eigenvalue weighted by atomic mass is 32.2.